The van der Waals surface area contributed by atoms with Crippen molar-refractivity contribution in [2.75, 3.05) is 19.0 Å². The van der Waals surface area contributed by atoms with Gasteiger partial charge in [-0.25, -0.2) is 0 Å². The van der Waals surface area contributed by atoms with Gasteiger partial charge in [0.25, 0.3) is 0 Å². The van der Waals surface area contributed by atoms with Crippen LogP contribution in [-0.4, -0.2) is 29.4 Å². The molecule has 0 aliphatic carbocycles. The van der Waals surface area contributed by atoms with Crippen LogP contribution in [0.15, 0.2) is 33.5 Å². The molecule has 0 bridgehead atoms. The average Bonchev–Trinajstić information content (AvgIpc) is 2.87. The van der Waals surface area contributed by atoms with Crippen LogP contribution in [0.3, 0.4) is 0 Å². The van der Waals surface area contributed by atoms with E-state index in [1.807, 2.05) is 50.2 Å². The molecule has 0 saturated heterocycles. The Morgan fingerprint density at radius 2 is 2.05 bits per heavy atom. The van der Waals surface area contributed by atoms with E-state index in [0.29, 0.717) is 6.42 Å². The number of rotatable bonds is 5. The molecule has 0 aliphatic rings. The van der Waals surface area contributed by atoms with E-state index in [2.05, 4.69) is 10.2 Å². The third-order valence-corrected chi connectivity index (χ3v) is 4.87. The number of hydrogen-bond donors (Lipinski definition) is 1. The van der Waals surface area contributed by atoms with Crippen LogP contribution in [-0.2, 0) is 0 Å². The van der Waals surface area contributed by atoms with Crippen molar-refractivity contribution >= 4 is 28.2 Å². The van der Waals surface area contributed by atoms with Gasteiger partial charge in [0.1, 0.15) is 0 Å². The van der Waals surface area contributed by atoms with Crippen molar-refractivity contribution in [3.05, 3.63) is 29.8 Å². The molecule has 1 aromatic carbocycles. The Hall–Kier alpha value is -1.11. The van der Waals surface area contributed by atoms with Gasteiger partial charge in [0.05, 0.1) is 6.10 Å². The Kier molecular flexibility index (Phi) is 4.79. The van der Waals surface area contributed by atoms with Crippen LogP contribution in [0, 0.1) is 0 Å². The van der Waals surface area contributed by atoms with Gasteiger partial charge in [-0.3, -0.25) is 0 Å². The average molecular weight is 295 g/mol. The lowest BCUT2D eigenvalue weighted by Crippen LogP contribution is -2.07. The summed E-state index contributed by atoms with van der Waals surface area (Å²) in [5.41, 5.74) is 0.955. The van der Waals surface area contributed by atoms with Gasteiger partial charge in [0.2, 0.25) is 5.13 Å². The minimum atomic E-state index is -0.426. The molecule has 1 N–H and O–H groups in total. The topological polar surface area (TPSA) is 49.3 Å². The number of aliphatic hydroxyl groups is 1. The van der Waals surface area contributed by atoms with Crippen molar-refractivity contribution in [3.63, 3.8) is 0 Å². The zero-order chi connectivity index (χ0) is 13.8. The molecule has 0 radical (unpaired) electrons. The van der Waals surface area contributed by atoms with E-state index in [1.165, 1.54) is 0 Å². The highest BCUT2D eigenvalue weighted by Crippen LogP contribution is 2.36. The number of anilines is 1. The first-order valence-corrected chi connectivity index (χ1v) is 7.70. The number of nitrogens with zero attached hydrogens (tertiary/aromatic N) is 3. The lowest BCUT2D eigenvalue weighted by atomic mass is 10.1. The summed E-state index contributed by atoms with van der Waals surface area (Å²) in [6.45, 7) is 1.97. The second-order valence-electron chi connectivity index (χ2n) is 4.31. The van der Waals surface area contributed by atoms with Crippen LogP contribution in [0.1, 0.15) is 25.0 Å². The zero-order valence-electron chi connectivity index (χ0n) is 11.2. The summed E-state index contributed by atoms with van der Waals surface area (Å²) in [6, 6.07) is 7.89. The molecule has 0 fully saturated rings. The summed E-state index contributed by atoms with van der Waals surface area (Å²) in [7, 11) is 3.90. The molecule has 4 nitrogen and oxygen atoms in total. The highest BCUT2D eigenvalue weighted by molar-refractivity contribution is 8.01. The molecular weight excluding hydrogens is 278 g/mol. The smallest absolute Gasteiger partial charge is 0.208 e. The summed E-state index contributed by atoms with van der Waals surface area (Å²) >= 11 is 3.10. The minimum Gasteiger partial charge on any atom is -0.388 e. The number of aromatic nitrogens is 2. The molecule has 1 aromatic heterocycles. The summed E-state index contributed by atoms with van der Waals surface area (Å²) in [5.74, 6) is 0. The third-order valence-electron chi connectivity index (χ3n) is 2.64. The molecule has 19 heavy (non-hydrogen) atoms. The third kappa shape index (κ3) is 3.46. The van der Waals surface area contributed by atoms with Gasteiger partial charge < -0.3 is 10.0 Å². The second-order valence-corrected chi connectivity index (χ2v) is 6.55. The van der Waals surface area contributed by atoms with Crippen LogP contribution < -0.4 is 4.90 Å². The van der Waals surface area contributed by atoms with Crippen LogP contribution in [0.25, 0.3) is 0 Å². The first-order chi connectivity index (χ1) is 9.11. The summed E-state index contributed by atoms with van der Waals surface area (Å²) < 4.78 is 0.888. The fraction of sp³-hybridized carbons (Fsp3) is 0.385. The molecule has 2 rings (SSSR count). The van der Waals surface area contributed by atoms with Gasteiger partial charge in [-0.15, -0.1) is 10.2 Å². The largest absolute Gasteiger partial charge is 0.388 e. The van der Waals surface area contributed by atoms with E-state index in [1.54, 1.807) is 23.1 Å². The molecular formula is C13H17N3OS2. The number of benzene rings is 1. The maximum absolute atomic E-state index is 10.0. The lowest BCUT2D eigenvalue weighted by Gasteiger charge is -2.12. The minimum absolute atomic E-state index is 0.426. The fourth-order valence-corrected chi connectivity index (χ4v) is 3.49. The first kappa shape index (κ1) is 14.3. The Balaban J connectivity index is 2.22. The van der Waals surface area contributed by atoms with Crippen LogP contribution in [0.4, 0.5) is 5.13 Å². The van der Waals surface area contributed by atoms with Crippen LogP contribution >= 0.6 is 23.1 Å². The van der Waals surface area contributed by atoms with E-state index in [-0.39, 0.29) is 0 Å². The van der Waals surface area contributed by atoms with Gasteiger partial charge in [0, 0.05) is 19.0 Å². The number of aliphatic hydroxyl groups excluding tert-OH is 1. The molecule has 0 spiro atoms. The summed E-state index contributed by atoms with van der Waals surface area (Å²) in [6.07, 6.45) is 0.279. The Morgan fingerprint density at radius 3 is 2.68 bits per heavy atom. The maximum Gasteiger partial charge on any atom is 0.208 e. The molecule has 1 heterocycles. The molecule has 0 saturated carbocycles. The van der Waals surface area contributed by atoms with E-state index in [9.17, 15) is 5.11 Å². The van der Waals surface area contributed by atoms with Gasteiger partial charge in [-0.05, 0) is 18.1 Å². The summed E-state index contributed by atoms with van der Waals surface area (Å²) in [5, 5.41) is 19.2. The van der Waals surface area contributed by atoms with Crippen molar-refractivity contribution in [2.24, 2.45) is 0 Å². The van der Waals surface area contributed by atoms with Crippen molar-refractivity contribution in [1.29, 1.82) is 0 Å². The van der Waals surface area contributed by atoms with Gasteiger partial charge in [-0.1, -0.05) is 48.2 Å². The van der Waals surface area contributed by atoms with Crippen molar-refractivity contribution < 1.29 is 5.11 Å². The first-order valence-electron chi connectivity index (χ1n) is 6.07. The molecule has 2 aromatic rings. The Morgan fingerprint density at radius 1 is 1.32 bits per heavy atom. The van der Waals surface area contributed by atoms with E-state index >= 15 is 0 Å². The maximum atomic E-state index is 10.0. The monoisotopic (exact) mass is 295 g/mol. The SMILES string of the molecule is CCC(O)c1ccccc1Sc1nnc(N(C)C)s1. The molecule has 102 valence electrons. The normalized spacial score (nSPS) is 12.4. The molecule has 1 atom stereocenters. The van der Waals surface area contributed by atoms with Gasteiger partial charge >= 0.3 is 0 Å². The predicted octanol–water partition coefficient (Wildman–Crippen LogP) is 3.20. The van der Waals surface area contributed by atoms with Crippen molar-refractivity contribution in [3.8, 4) is 0 Å². The molecule has 6 heteroatoms. The highest BCUT2D eigenvalue weighted by Gasteiger charge is 2.13. The molecule has 0 aliphatic heterocycles. The van der Waals surface area contributed by atoms with E-state index in [0.717, 1.165) is 19.9 Å². The summed E-state index contributed by atoms with van der Waals surface area (Å²) in [4.78, 5) is 2.98. The van der Waals surface area contributed by atoms with E-state index < -0.39 is 6.10 Å². The zero-order valence-corrected chi connectivity index (χ0v) is 12.8. The van der Waals surface area contributed by atoms with Crippen LogP contribution in [0.5, 0.6) is 0 Å². The Bertz CT molecular complexity index is 542. The number of hydrogen-bond acceptors (Lipinski definition) is 6. The van der Waals surface area contributed by atoms with Gasteiger partial charge in [-0.2, -0.15) is 0 Å². The predicted molar refractivity (Wildman–Crippen MR) is 80.1 cm³/mol. The Labute approximate surface area is 121 Å². The van der Waals surface area contributed by atoms with E-state index in [4.69, 9.17) is 0 Å². The standard InChI is InChI=1S/C13H17N3OS2/c1-4-10(17)9-7-5-6-8-11(9)18-13-15-14-12(19-13)16(2)3/h5-8,10,17H,4H2,1-3H3. The quantitative estimate of drug-likeness (QED) is 0.918. The van der Waals surface area contributed by atoms with Crippen LogP contribution in [0.2, 0.25) is 0 Å². The van der Waals surface area contributed by atoms with Gasteiger partial charge in [0.15, 0.2) is 4.34 Å². The second kappa shape index (κ2) is 6.36. The lowest BCUT2D eigenvalue weighted by molar-refractivity contribution is 0.171. The molecule has 0 amide bonds. The van der Waals surface area contributed by atoms with Crippen molar-refractivity contribution in [2.45, 2.75) is 28.7 Å². The molecule has 1 unspecified atom stereocenters. The van der Waals surface area contributed by atoms with Crippen molar-refractivity contribution in [1.82, 2.24) is 10.2 Å². The fourth-order valence-electron chi connectivity index (χ4n) is 1.59. The highest BCUT2D eigenvalue weighted by atomic mass is 32.2.